The van der Waals surface area contributed by atoms with E-state index >= 15 is 0 Å². The molecule has 11 aromatic rings. The van der Waals surface area contributed by atoms with Crippen LogP contribution in [0.3, 0.4) is 0 Å². The van der Waals surface area contributed by atoms with Gasteiger partial charge >= 0.3 is 21.1 Å². The molecule has 304 valence electrons. The summed E-state index contributed by atoms with van der Waals surface area (Å²) in [6.07, 6.45) is 5.74. The fourth-order valence-electron chi connectivity index (χ4n) is 10.6. The summed E-state index contributed by atoms with van der Waals surface area (Å²) in [4.78, 5) is 12.2. The summed E-state index contributed by atoms with van der Waals surface area (Å²) in [7, 11) is -3.09. The second-order valence-electron chi connectivity index (χ2n) is 16.3. The van der Waals surface area contributed by atoms with E-state index in [1.165, 1.54) is 48.6 Å². The number of hydrogen-bond acceptors (Lipinski definition) is 4. The van der Waals surface area contributed by atoms with E-state index in [4.69, 9.17) is 14.7 Å². The van der Waals surface area contributed by atoms with Crippen LogP contribution in [-0.2, 0) is 21.1 Å². The van der Waals surface area contributed by atoms with Gasteiger partial charge in [0.15, 0.2) is 0 Å². The molecule has 0 radical (unpaired) electrons. The van der Waals surface area contributed by atoms with Gasteiger partial charge in [-0.2, -0.15) is 6.07 Å². The number of aromatic nitrogens is 3. The van der Waals surface area contributed by atoms with Crippen molar-refractivity contribution in [1.82, 2.24) is 14.4 Å². The molecule has 0 saturated heterocycles. The molecule has 1 unspecified atom stereocenters. The minimum atomic E-state index is -3.09. The van der Waals surface area contributed by atoms with Crippen LogP contribution >= 0.6 is 0 Å². The fraction of sp³-hybridized carbons (Fsp3) is 0.0175. The molecule has 1 aliphatic heterocycles. The van der Waals surface area contributed by atoms with Crippen LogP contribution in [0.1, 0.15) is 22.6 Å². The van der Waals surface area contributed by atoms with E-state index in [-0.39, 0.29) is 27.0 Å². The normalized spacial score (nSPS) is 14.4. The van der Waals surface area contributed by atoms with Crippen molar-refractivity contribution in [2.45, 2.75) is 5.92 Å². The molecule has 64 heavy (non-hydrogen) atoms. The number of benzene rings is 8. The molecule has 0 N–H and O–H groups in total. The molecule has 5 nitrogen and oxygen atoms in total. The van der Waals surface area contributed by atoms with Gasteiger partial charge < -0.3 is 14.0 Å². The average Bonchev–Trinajstić information content (AvgIpc) is 3.99. The number of rotatable bonds is 6. The molecule has 13 rings (SSSR count). The number of ether oxygens (including phenoxy) is 1. The Kier molecular flexibility index (Phi) is 9.08. The van der Waals surface area contributed by atoms with Crippen LogP contribution in [0.25, 0.3) is 38.4 Å². The maximum Gasteiger partial charge on any atom is 2.00 e. The monoisotopic (exact) mass is 1020 g/mol. The summed E-state index contributed by atoms with van der Waals surface area (Å²) >= 11 is 0. The number of nitrogens with zero attached hydrogens (tertiary/aromatic N) is 4. The van der Waals surface area contributed by atoms with E-state index in [1.807, 2.05) is 30.7 Å². The number of pyridine rings is 2. The van der Waals surface area contributed by atoms with E-state index in [1.54, 1.807) is 0 Å². The number of hydrogen-bond donors (Lipinski definition) is 0. The van der Waals surface area contributed by atoms with Gasteiger partial charge in [0.05, 0.1) is 11.3 Å². The Bertz CT molecular complexity index is 3520. The van der Waals surface area contributed by atoms with E-state index < -0.39 is 8.07 Å². The van der Waals surface area contributed by atoms with Gasteiger partial charge in [-0.25, -0.2) is 4.98 Å². The Balaban J connectivity index is 0.00000433. The molecule has 0 spiro atoms. The third-order valence-electron chi connectivity index (χ3n) is 13.1. The number of imidazole rings is 1. The standard InChI is InChI=1S/C57H36N4OSi.Pt/c1-4-16-38(17-5-1)54-45-23-10-11-24-46(45)55-47(54)30-32-52-56(55)61(53-26-14-15-33-58-53)50-37-40(28-31-51(50)63(52,41-18-6-2-7-19-41)42-20-8-3-9-21-42)62-39-27-29-43-44-22-12-13-25-49(44)60-35-34-59-57(60)48(43)36-39;/h1-35,54H;/q-2;+2. The SMILES string of the molecule is [Pt+2].[c-]1c(Oc2[c-]c3c(cc2)c2ccccc2n2ccnc32)ccc2c1N(c1ccccn1)c1c(ccc3c1-c1ccccc1C3c1ccccc1)[Si]2(c1ccccc1)c1ccccc1. The van der Waals surface area contributed by atoms with E-state index in [0.29, 0.717) is 11.5 Å². The van der Waals surface area contributed by atoms with Crippen LogP contribution in [0.2, 0.25) is 0 Å². The van der Waals surface area contributed by atoms with Crippen LogP contribution < -0.4 is 30.4 Å². The minimum absolute atomic E-state index is 0. The Morgan fingerprint density at radius 3 is 1.98 bits per heavy atom. The molecule has 7 heteroatoms. The van der Waals surface area contributed by atoms with Gasteiger partial charge in [-0.3, -0.25) is 4.98 Å². The smallest absolute Gasteiger partial charge is 0.503 e. The molecule has 2 aliphatic rings. The largest absolute Gasteiger partial charge is 2.00 e. The molecule has 0 bridgehead atoms. The van der Waals surface area contributed by atoms with Crippen molar-refractivity contribution >= 4 is 73.3 Å². The van der Waals surface area contributed by atoms with Crippen molar-refractivity contribution in [2.24, 2.45) is 0 Å². The van der Waals surface area contributed by atoms with Crippen molar-refractivity contribution < 1.29 is 25.8 Å². The molecule has 0 saturated carbocycles. The van der Waals surface area contributed by atoms with Crippen molar-refractivity contribution in [3.05, 3.63) is 242 Å². The number of para-hydroxylation sites is 1. The molecule has 1 aliphatic carbocycles. The summed E-state index contributed by atoms with van der Waals surface area (Å²) < 4.78 is 9.01. The molecule has 4 heterocycles. The molecule has 3 aromatic heterocycles. The zero-order valence-electron chi connectivity index (χ0n) is 34.3. The predicted octanol–water partition coefficient (Wildman–Crippen LogP) is 10.7. The summed E-state index contributed by atoms with van der Waals surface area (Å²) in [6, 6.07) is 77.7. The van der Waals surface area contributed by atoms with E-state index in [2.05, 4.69) is 203 Å². The van der Waals surface area contributed by atoms with Gasteiger partial charge in [0.1, 0.15) is 13.9 Å². The summed E-state index contributed by atoms with van der Waals surface area (Å²) in [5.41, 5.74) is 10.3. The van der Waals surface area contributed by atoms with Gasteiger partial charge in [0, 0.05) is 47.1 Å². The third-order valence-corrected chi connectivity index (χ3v) is 17.9. The first-order valence-electron chi connectivity index (χ1n) is 21.4. The first-order chi connectivity index (χ1) is 31.3. The van der Waals surface area contributed by atoms with Gasteiger partial charge in [-0.05, 0) is 51.0 Å². The van der Waals surface area contributed by atoms with Crippen LogP contribution in [0, 0.1) is 12.1 Å². The van der Waals surface area contributed by atoms with Gasteiger partial charge in [0.2, 0.25) is 0 Å². The fourth-order valence-corrected chi connectivity index (χ4v) is 15.6. The molecular weight excluding hydrogens is 980 g/mol. The summed E-state index contributed by atoms with van der Waals surface area (Å²) in [5.74, 6) is 2.07. The number of anilines is 3. The van der Waals surface area contributed by atoms with Crippen LogP contribution in [0.5, 0.6) is 11.5 Å². The maximum atomic E-state index is 6.89. The molecule has 0 fully saturated rings. The average molecular weight is 1020 g/mol. The molecular formula is C57H36N4OPtSi. The Labute approximate surface area is 386 Å². The van der Waals surface area contributed by atoms with Crippen LogP contribution in [0.15, 0.2) is 213 Å². The maximum absolute atomic E-state index is 6.89. The van der Waals surface area contributed by atoms with Gasteiger partial charge in [-0.15, -0.1) is 29.5 Å². The third kappa shape index (κ3) is 5.59. The zero-order valence-corrected chi connectivity index (χ0v) is 37.6. The summed E-state index contributed by atoms with van der Waals surface area (Å²) in [5, 5.41) is 8.23. The topological polar surface area (TPSA) is 42.7 Å². The predicted molar refractivity (Wildman–Crippen MR) is 257 cm³/mol. The van der Waals surface area contributed by atoms with Gasteiger partial charge in [-0.1, -0.05) is 185 Å². The quantitative estimate of drug-likeness (QED) is 0.0946. The van der Waals surface area contributed by atoms with Crippen molar-refractivity contribution in [2.75, 3.05) is 4.90 Å². The Morgan fingerprint density at radius 1 is 0.531 bits per heavy atom. The zero-order chi connectivity index (χ0) is 41.5. The van der Waals surface area contributed by atoms with E-state index in [9.17, 15) is 0 Å². The number of fused-ring (bicyclic) bond motifs is 12. The second kappa shape index (κ2) is 15.2. The first kappa shape index (κ1) is 38.3. The first-order valence-corrected chi connectivity index (χ1v) is 23.4. The second-order valence-corrected chi connectivity index (χ2v) is 20.0. The van der Waals surface area contributed by atoms with Crippen molar-refractivity contribution in [3.8, 4) is 22.6 Å². The molecule has 1 atom stereocenters. The molecule has 8 aromatic carbocycles. The Morgan fingerprint density at radius 2 is 1.20 bits per heavy atom. The Hall–Kier alpha value is -7.37. The molecule has 0 amide bonds. The minimum Gasteiger partial charge on any atom is -0.503 e. The van der Waals surface area contributed by atoms with Crippen LogP contribution in [0.4, 0.5) is 17.2 Å². The summed E-state index contributed by atoms with van der Waals surface area (Å²) in [6.45, 7) is 0. The van der Waals surface area contributed by atoms with Gasteiger partial charge in [0.25, 0.3) is 0 Å². The van der Waals surface area contributed by atoms with Crippen LogP contribution in [-0.4, -0.2) is 22.4 Å². The van der Waals surface area contributed by atoms with Crippen molar-refractivity contribution in [1.29, 1.82) is 0 Å². The van der Waals surface area contributed by atoms with E-state index in [0.717, 1.165) is 44.5 Å². The van der Waals surface area contributed by atoms with Crippen molar-refractivity contribution in [3.63, 3.8) is 0 Å².